The summed E-state index contributed by atoms with van der Waals surface area (Å²) in [6.07, 6.45) is 1.08. The van der Waals surface area contributed by atoms with Gasteiger partial charge in [0.2, 0.25) is 0 Å². The largest absolute Gasteiger partial charge is 0.496 e. The van der Waals surface area contributed by atoms with Gasteiger partial charge in [0.1, 0.15) is 17.3 Å². The van der Waals surface area contributed by atoms with Gasteiger partial charge >= 0.3 is 0 Å². The van der Waals surface area contributed by atoms with Crippen molar-refractivity contribution in [2.24, 2.45) is 0 Å². The van der Waals surface area contributed by atoms with Crippen LogP contribution in [-0.4, -0.2) is 62.4 Å². The number of aliphatic hydroxyl groups excluding tert-OH is 1. The first kappa shape index (κ1) is 21.1. The SMILES string of the molecule is COc1ccc(F)cc1-c1ccc(OCCC2OCCCO2)c(CN2CC(O)C2)c1. The summed E-state index contributed by atoms with van der Waals surface area (Å²) in [5.74, 6) is 1.07. The molecule has 2 aromatic rings. The quantitative estimate of drug-likeness (QED) is 0.712. The van der Waals surface area contributed by atoms with Gasteiger partial charge in [0.15, 0.2) is 6.29 Å². The van der Waals surface area contributed by atoms with E-state index < -0.39 is 0 Å². The molecule has 0 unspecified atom stereocenters. The summed E-state index contributed by atoms with van der Waals surface area (Å²) >= 11 is 0. The van der Waals surface area contributed by atoms with Crippen LogP contribution in [0.5, 0.6) is 11.5 Å². The molecule has 0 aromatic heterocycles. The Labute approximate surface area is 176 Å². The molecule has 162 valence electrons. The molecule has 2 aliphatic heterocycles. The Hall–Kier alpha value is -2.19. The van der Waals surface area contributed by atoms with Gasteiger partial charge in [-0.1, -0.05) is 6.07 Å². The van der Waals surface area contributed by atoms with E-state index in [1.54, 1.807) is 13.2 Å². The zero-order valence-corrected chi connectivity index (χ0v) is 17.2. The monoisotopic (exact) mass is 417 g/mol. The Morgan fingerprint density at radius 3 is 2.60 bits per heavy atom. The lowest BCUT2D eigenvalue weighted by molar-refractivity contribution is -0.183. The van der Waals surface area contributed by atoms with E-state index in [1.807, 2.05) is 18.2 Å². The van der Waals surface area contributed by atoms with Crippen molar-refractivity contribution < 1.29 is 28.4 Å². The first-order valence-corrected chi connectivity index (χ1v) is 10.4. The number of ether oxygens (including phenoxy) is 4. The number of nitrogens with zero attached hydrogens (tertiary/aromatic N) is 1. The lowest BCUT2D eigenvalue weighted by Gasteiger charge is -2.36. The van der Waals surface area contributed by atoms with E-state index in [-0.39, 0.29) is 18.2 Å². The maximum Gasteiger partial charge on any atom is 0.160 e. The number of aliphatic hydroxyl groups is 1. The van der Waals surface area contributed by atoms with Gasteiger partial charge in [0.05, 0.1) is 33.0 Å². The second kappa shape index (κ2) is 9.75. The fourth-order valence-electron chi connectivity index (χ4n) is 3.80. The van der Waals surface area contributed by atoms with Crippen molar-refractivity contribution in [3.8, 4) is 22.6 Å². The average Bonchev–Trinajstić information content (AvgIpc) is 2.74. The Morgan fingerprint density at radius 1 is 1.10 bits per heavy atom. The smallest absolute Gasteiger partial charge is 0.160 e. The number of β-amino-alcohol motifs (C(OH)–C–C–N with tert-alkyl or cyclic N) is 1. The highest BCUT2D eigenvalue weighted by Crippen LogP contribution is 2.34. The molecule has 4 rings (SSSR count). The summed E-state index contributed by atoms with van der Waals surface area (Å²) in [6, 6.07) is 10.3. The van der Waals surface area contributed by atoms with Crippen LogP contribution < -0.4 is 9.47 Å². The number of likely N-dealkylation sites (tertiary alicyclic amines) is 1. The van der Waals surface area contributed by atoms with Crippen LogP contribution in [0.1, 0.15) is 18.4 Å². The summed E-state index contributed by atoms with van der Waals surface area (Å²) in [6.45, 7) is 3.83. The third kappa shape index (κ3) is 5.10. The first-order valence-electron chi connectivity index (χ1n) is 10.4. The van der Waals surface area contributed by atoms with Crippen molar-refractivity contribution in [1.82, 2.24) is 4.90 Å². The topological polar surface area (TPSA) is 60.4 Å². The number of benzene rings is 2. The molecule has 0 aliphatic carbocycles. The minimum atomic E-state index is -0.314. The van der Waals surface area contributed by atoms with Crippen LogP contribution in [0.3, 0.4) is 0 Å². The molecule has 2 heterocycles. The molecule has 1 N–H and O–H groups in total. The van der Waals surface area contributed by atoms with Gasteiger partial charge < -0.3 is 24.1 Å². The molecule has 2 aromatic carbocycles. The van der Waals surface area contributed by atoms with Crippen molar-refractivity contribution >= 4 is 0 Å². The summed E-state index contributed by atoms with van der Waals surface area (Å²) in [5.41, 5.74) is 2.53. The molecule has 30 heavy (non-hydrogen) atoms. The molecule has 6 nitrogen and oxygen atoms in total. The van der Waals surface area contributed by atoms with E-state index >= 15 is 0 Å². The highest BCUT2D eigenvalue weighted by molar-refractivity contribution is 5.72. The summed E-state index contributed by atoms with van der Waals surface area (Å²) in [5, 5.41) is 9.62. The third-order valence-corrected chi connectivity index (χ3v) is 5.37. The molecule has 0 saturated carbocycles. The van der Waals surface area contributed by atoms with Crippen molar-refractivity contribution in [1.29, 1.82) is 0 Å². The Balaban J connectivity index is 1.52. The van der Waals surface area contributed by atoms with Crippen molar-refractivity contribution in [2.45, 2.75) is 31.8 Å². The number of hydrogen-bond acceptors (Lipinski definition) is 6. The molecule has 0 amide bonds. The fraction of sp³-hybridized carbons (Fsp3) is 0.478. The van der Waals surface area contributed by atoms with Crippen molar-refractivity contribution in [2.75, 3.05) is 40.0 Å². The van der Waals surface area contributed by atoms with Gasteiger partial charge in [0, 0.05) is 37.2 Å². The fourth-order valence-corrected chi connectivity index (χ4v) is 3.80. The lowest BCUT2D eigenvalue weighted by Crippen LogP contribution is -2.49. The van der Waals surface area contributed by atoms with E-state index in [4.69, 9.17) is 18.9 Å². The zero-order valence-electron chi connectivity index (χ0n) is 17.2. The minimum absolute atomic E-state index is 0.219. The van der Waals surface area contributed by atoms with E-state index in [9.17, 15) is 9.50 Å². The number of halogens is 1. The van der Waals surface area contributed by atoms with E-state index in [0.29, 0.717) is 44.0 Å². The molecule has 2 saturated heterocycles. The summed E-state index contributed by atoms with van der Waals surface area (Å²) in [4.78, 5) is 2.15. The molecule has 0 atom stereocenters. The van der Waals surface area contributed by atoms with Crippen LogP contribution in [0.25, 0.3) is 11.1 Å². The minimum Gasteiger partial charge on any atom is -0.496 e. The molecule has 7 heteroatoms. The van der Waals surface area contributed by atoms with Gasteiger partial charge in [-0.3, -0.25) is 4.90 Å². The molecular weight excluding hydrogens is 389 g/mol. The second-order valence-corrected chi connectivity index (χ2v) is 7.68. The average molecular weight is 417 g/mol. The molecule has 2 aliphatic rings. The molecule has 0 radical (unpaired) electrons. The predicted octanol–water partition coefficient (Wildman–Crippen LogP) is 3.21. The summed E-state index contributed by atoms with van der Waals surface area (Å²) in [7, 11) is 1.58. The molecule has 0 spiro atoms. The lowest BCUT2D eigenvalue weighted by atomic mass is 10.00. The molecule has 0 bridgehead atoms. The van der Waals surface area contributed by atoms with Crippen molar-refractivity contribution in [3.63, 3.8) is 0 Å². The number of rotatable bonds is 8. The zero-order chi connectivity index (χ0) is 20.9. The first-order chi connectivity index (χ1) is 14.6. The molecule has 2 fully saturated rings. The number of hydrogen-bond donors (Lipinski definition) is 1. The van der Waals surface area contributed by atoms with Crippen LogP contribution in [0, 0.1) is 5.82 Å². The standard InChI is InChI=1S/C23H28FNO5/c1-27-22-6-4-18(24)12-20(22)16-3-5-21(17(11-16)13-25-14-19(26)15-25)28-10-7-23-29-8-2-9-30-23/h3-6,11-12,19,23,26H,2,7-10,13-15H2,1H3. The van der Waals surface area contributed by atoms with Gasteiger partial charge in [0.25, 0.3) is 0 Å². The van der Waals surface area contributed by atoms with Crippen molar-refractivity contribution in [3.05, 3.63) is 47.8 Å². The molecular formula is C23H28FNO5. The van der Waals surface area contributed by atoms with E-state index in [1.165, 1.54) is 12.1 Å². The third-order valence-electron chi connectivity index (χ3n) is 5.37. The van der Waals surface area contributed by atoms with E-state index in [0.717, 1.165) is 36.5 Å². The normalized spacial score (nSPS) is 18.2. The van der Waals surface area contributed by atoms with Gasteiger partial charge in [-0.15, -0.1) is 0 Å². The van der Waals surface area contributed by atoms with E-state index in [2.05, 4.69) is 4.90 Å². The van der Waals surface area contributed by atoms with Crippen LogP contribution in [0.2, 0.25) is 0 Å². The predicted molar refractivity (Wildman–Crippen MR) is 110 cm³/mol. The number of methoxy groups -OCH3 is 1. The van der Waals surface area contributed by atoms with Gasteiger partial charge in [-0.25, -0.2) is 4.39 Å². The Kier molecular flexibility index (Phi) is 6.84. The van der Waals surface area contributed by atoms with Crippen LogP contribution in [0.4, 0.5) is 4.39 Å². The van der Waals surface area contributed by atoms with Crippen LogP contribution in [-0.2, 0) is 16.0 Å². The second-order valence-electron chi connectivity index (χ2n) is 7.68. The maximum atomic E-state index is 13.9. The van der Waals surface area contributed by atoms with Crippen LogP contribution >= 0.6 is 0 Å². The Bertz CT molecular complexity index is 849. The van der Waals surface area contributed by atoms with Gasteiger partial charge in [-0.2, -0.15) is 0 Å². The summed E-state index contributed by atoms with van der Waals surface area (Å²) < 4.78 is 36.5. The maximum absolute atomic E-state index is 13.9. The Morgan fingerprint density at radius 2 is 1.87 bits per heavy atom. The van der Waals surface area contributed by atoms with Crippen LogP contribution in [0.15, 0.2) is 36.4 Å². The van der Waals surface area contributed by atoms with Gasteiger partial charge in [-0.05, 0) is 42.3 Å². The highest BCUT2D eigenvalue weighted by Gasteiger charge is 2.25. The highest BCUT2D eigenvalue weighted by atomic mass is 19.1.